The van der Waals surface area contributed by atoms with Gasteiger partial charge in [0, 0.05) is 31.1 Å². The van der Waals surface area contributed by atoms with Crippen molar-refractivity contribution in [2.75, 3.05) is 23.7 Å². The minimum Gasteiger partial charge on any atom is -0.339 e. The molecule has 4 rings (SSSR count). The number of anilines is 2. The number of aromatic nitrogens is 2. The van der Waals surface area contributed by atoms with Crippen molar-refractivity contribution in [3.8, 4) is 0 Å². The second kappa shape index (κ2) is 6.98. The molecule has 2 aliphatic rings. The van der Waals surface area contributed by atoms with Gasteiger partial charge in [-0.15, -0.1) is 0 Å². The van der Waals surface area contributed by atoms with Crippen LogP contribution in [-0.4, -0.2) is 40.1 Å². The van der Waals surface area contributed by atoms with Gasteiger partial charge in [-0.25, -0.2) is 9.18 Å². The molecule has 1 aromatic carbocycles. The van der Waals surface area contributed by atoms with Crippen LogP contribution in [0.3, 0.4) is 0 Å². The number of rotatable bonds is 2. The van der Waals surface area contributed by atoms with Gasteiger partial charge < -0.3 is 20.1 Å². The number of fused-ring (bicyclic) bond motifs is 1. The van der Waals surface area contributed by atoms with Crippen molar-refractivity contribution < 1.29 is 18.5 Å². The van der Waals surface area contributed by atoms with E-state index in [1.165, 1.54) is 12.1 Å². The first kappa shape index (κ1) is 17.4. The van der Waals surface area contributed by atoms with Gasteiger partial charge in [0.2, 0.25) is 11.8 Å². The number of carbonyl (C=O) groups excluding carboxylic acids is 2. The molecule has 0 bridgehead atoms. The van der Waals surface area contributed by atoms with Crippen molar-refractivity contribution >= 4 is 23.3 Å². The lowest BCUT2D eigenvalue weighted by molar-refractivity contribution is -0.116. The number of carbonyl (C=O) groups is 2. The molecular weight excluding hydrogens is 353 g/mol. The Morgan fingerprint density at radius 3 is 2.81 bits per heavy atom. The molecule has 9 heteroatoms. The van der Waals surface area contributed by atoms with Crippen LogP contribution < -0.4 is 10.6 Å². The molecule has 2 aromatic rings. The number of hydrogen-bond acceptors (Lipinski definition) is 5. The molecule has 27 heavy (non-hydrogen) atoms. The number of likely N-dealkylation sites (tertiary alicyclic amines) is 1. The number of nitrogens with one attached hydrogen (secondary N) is 2. The Labute approximate surface area is 155 Å². The topological polar surface area (TPSA) is 100 Å². The third kappa shape index (κ3) is 3.62. The van der Waals surface area contributed by atoms with E-state index in [1.807, 2.05) is 0 Å². The van der Waals surface area contributed by atoms with Gasteiger partial charge >= 0.3 is 6.03 Å². The SMILES string of the molecule is Cc1noc(C2CCN(C(=O)Nc3cc4c(cc3F)CCC(=O)N4)CC2)n1. The fourth-order valence-corrected chi connectivity index (χ4v) is 3.50. The first-order valence-corrected chi connectivity index (χ1v) is 8.98. The summed E-state index contributed by atoms with van der Waals surface area (Å²) in [6, 6.07) is 2.48. The molecule has 1 fully saturated rings. The summed E-state index contributed by atoms with van der Waals surface area (Å²) < 4.78 is 19.5. The Morgan fingerprint density at radius 2 is 2.11 bits per heavy atom. The highest BCUT2D eigenvalue weighted by molar-refractivity contribution is 5.96. The predicted octanol–water partition coefficient (Wildman–Crippen LogP) is 2.81. The minimum atomic E-state index is -0.505. The maximum atomic E-state index is 14.3. The van der Waals surface area contributed by atoms with Crippen molar-refractivity contribution in [3.63, 3.8) is 0 Å². The largest absolute Gasteiger partial charge is 0.339 e. The minimum absolute atomic E-state index is 0.0654. The van der Waals surface area contributed by atoms with Gasteiger partial charge in [0.15, 0.2) is 5.82 Å². The quantitative estimate of drug-likeness (QED) is 0.843. The Morgan fingerprint density at radius 1 is 1.33 bits per heavy atom. The maximum Gasteiger partial charge on any atom is 0.321 e. The standard InChI is InChI=1S/C18H20FN5O3/c1-10-20-17(27-23-10)11-4-6-24(7-5-11)18(26)22-15-9-14-12(8-13(15)19)2-3-16(25)21-14/h8-9,11H,2-7H2,1H3,(H,21,25)(H,22,26). The molecule has 0 aliphatic carbocycles. The Hall–Kier alpha value is -2.97. The molecule has 0 spiro atoms. The summed E-state index contributed by atoms with van der Waals surface area (Å²) in [5.74, 6) is 0.717. The molecule has 1 aromatic heterocycles. The molecule has 3 amide bonds. The van der Waals surface area contributed by atoms with Crippen LogP contribution in [0.25, 0.3) is 0 Å². The molecule has 3 heterocycles. The number of hydrogen-bond donors (Lipinski definition) is 2. The van der Waals surface area contributed by atoms with Gasteiger partial charge in [-0.1, -0.05) is 5.16 Å². The lowest BCUT2D eigenvalue weighted by atomic mass is 9.97. The monoisotopic (exact) mass is 373 g/mol. The van der Waals surface area contributed by atoms with Crippen LogP contribution in [0.1, 0.15) is 42.5 Å². The first-order valence-electron chi connectivity index (χ1n) is 8.98. The lowest BCUT2D eigenvalue weighted by Crippen LogP contribution is -2.40. The Balaban J connectivity index is 1.40. The zero-order chi connectivity index (χ0) is 19.0. The molecule has 8 nitrogen and oxygen atoms in total. The van der Waals surface area contributed by atoms with E-state index in [9.17, 15) is 14.0 Å². The van der Waals surface area contributed by atoms with E-state index in [2.05, 4.69) is 20.8 Å². The van der Waals surface area contributed by atoms with Crippen LogP contribution in [0.2, 0.25) is 0 Å². The third-order valence-electron chi connectivity index (χ3n) is 5.00. The molecule has 1 saturated heterocycles. The number of amides is 3. The predicted molar refractivity (Wildman–Crippen MR) is 95.0 cm³/mol. The van der Waals surface area contributed by atoms with Crippen LogP contribution in [0.4, 0.5) is 20.6 Å². The van der Waals surface area contributed by atoms with E-state index in [4.69, 9.17) is 4.52 Å². The summed E-state index contributed by atoms with van der Waals surface area (Å²) in [5.41, 5.74) is 1.35. The average Bonchev–Trinajstić information content (AvgIpc) is 3.09. The highest BCUT2D eigenvalue weighted by atomic mass is 19.1. The van der Waals surface area contributed by atoms with Crippen LogP contribution in [0, 0.1) is 12.7 Å². The van der Waals surface area contributed by atoms with E-state index in [-0.39, 0.29) is 23.5 Å². The van der Waals surface area contributed by atoms with Gasteiger partial charge in [-0.3, -0.25) is 4.79 Å². The lowest BCUT2D eigenvalue weighted by Gasteiger charge is -2.30. The number of benzene rings is 1. The summed E-state index contributed by atoms with van der Waals surface area (Å²) in [4.78, 5) is 29.9. The van der Waals surface area contributed by atoms with Gasteiger partial charge in [0.05, 0.1) is 5.69 Å². The molecule has 0 unspecified atom stereocenters. The molecule has 0 saturated carbocycles. The van der Waals surface area contributed by atoms with Crippen molar-refractivity contribution in [2.24, 2.45) is 0 Å². The van der Waals surface area contributed by atoms with Gasteiger partial charge in [-0.05, 0) is 43.9 Å². The summed E-state index contributed by atoms with van der Waals surface area (Å²) in [6.45, 7) is 2.80. The van der Waals surface area contributed by atoms with E-state index < -0.39 is 5.82 Å². The zero-order valence-corrected chi connectivity index (χ0v) is 14.9. The van der Waals surface area contributed by atoms with Crippen molar-refractivity contribution in [2.45, 2.75) is 38.5 Å². The van der Waals surface area contributed by atoms with E-state index in [0.29, 0.717) is 56.2 Å². The molecule has 0 radical (unpaired) electrons. The average molecular weight is 373 g/mol. The Kier molecular flexibility index (Phi) is 4.51. The number of nitrogens with zero attached hydrogens (tertiary/aromatic N) is 3. The van der Waals surface area contributed by atoms with Crippen LogP contribution in [-0.2, 0) is 11.2 Å². The fourth-order valence-electron chi connectivity index (χ4n) is 3.50. The fraction of sp³-hybridized carbons (Fsp3) is 0.444. The van der Waals surface area contributed by atoms with E-state index in [0.717, 1.165) is 5.56 Å². The molecule has 2 N–H and O–H groups in total. The summed E-state index contributed by atoms with van der Waals surface area (Å²) in [7, 11) is 0. The van der Waals surface area contributed by atoms with Crippen molar-refractivity contribution in [3.05, 3.63) is 35.2 Å². The first-order chi connectivity index (χ1) is 13.0. The van der Waals surface area contributed by atoms with Crippen LogP contribution in [0.15, 0.2) is 16.7 Å². The summed E-state index contributed by atoms with van der Waals surface area (Å²) in [6.07, 6.45) is 2.25. The summed E-state index contributed by atoms with van der Waals surface area (Å²) >= 11 is 0. The number of halogens is 1. The smallest absolute Gasteiger partial charge is 0.321 e. The normalized spacial score (nSPS) is 17.4. The molecule has 142 valence electrons. The van der Waals surface area contributed by atoms with Crippen molar-refractivity contribution in [1.82, 2.24) is 15.0 Å². The maximum absolute atomic E-state index is 14.3. The molecule has 2 aliphatic heterocycles. The highest BCUT2D eigenvalue weighted by Gasteiger charge is 2.28. The second-order valence-electron chi connectivity index (χ2n) is 6.91. The van der Waals surface area contributed by atoms with E-state index >= 15 is 0 Å². The van der Waals surface area contributed by atoms with Crippen molar-refractivity contribution in [1.29, 1.82) is 0 Å². The van der Waals surface area contributed by atoms with Gasteiger partial charge in [0.1, 0.15) is 5.82 Å². The van der Waals surface area contributed by atoms with Gasteiger partial charge in [0.25, 0.3) is 0 Å². The molecular formula is C18H20FN5O3. The number of piperidine rings is 1. The second-order valence-corrected chi connectivity index (χ2v) is 6.91. The van der Waals surface area contributed by atoms with Crippen LogP contribution in [0.5, 0.6) is 0 Å². The third-order valence-corrected chi connectivity index (χ3v) is 5.00. The zero-order valence-electron chi connectivity index (χ0n) is 14.9. The number of aryl methyl sites for hydroxylation is 2. The van der Waals surface area contributed by atoms with E-state index in [1.54, 1.807) is 11.8 Å². The summed E-state index contributed by atoms with van der Waals surface area (Å²) in [5, 5.41) is 9.13. The molecule has 0 atom stereocenters. The number of urea groups is 1. The Bertz CT molecular complexity index is 889. The highest BCUT2D eigenvalue weighted by Crippen LogP contribution is 2.30. The van der Waals surface area contributed by atoms with Gasteiger partial charge in [-0.2, -0.15) is 4.98 Å². The van der Waals surface area contributed by atoms with Crippen LogP contribution >= 0.6 is 0 Å².